The number of rotatable bonds is 18. The van der Waals surface area contributed by atoms with Crippen LogP contribution in [0.2, 0.25) is 20.1 Å². The molecule has 8 aromatic rings. The first kappa shape index (κ1) is 104. The number of pyridine rings is 4. The lowest BCUT2D eigenvalue weighted by atomic mass is 9.95. The van der Waals surface area contributed by atoms with Crippen LogP contribution in [0.4, 0.5) is 94.6 Å². The number of carbonyl (C=O) groups excluding carboxylic acids is 7. The first-order valence-corrected chi connectivity index (χ1v) is 43.5. The van der Waals surface area contributed by atoms with E-state index in [1.54, 1.807) is 78.6 Å². The molecule has 0 radical (unpaired) electrons. The normalized spacial score (nSPS) is 15.5. The molecule has 23 nitrogen and oxygen atoms in total. The first-order chi connectivity index (χ1) is 62.4. The van der Waals surface area contributed by atoms with E-state index in [4.69, 9.17) is 52.1 Å². The van der Waals surface area contributed by atoms with Crippen molar-refractivity contribution in [3.8, 4) is 0 Å². The van der Waals surface area contributed by atoms with Crippen LogP contribution in [0.15, 0.2) is 183 Å². The molecular formula is C94H100Cl4F12N16O7. The number of carbonyl (C=O) groups is 7. The number of nitrogens with zero attached hydrogens (tertiary/aromatic N) is 8. The zero-order chi connectivity index (χ0) is 96.1. The minimum absolute atomic E-state index is 0. The molecule has 5 aliphatic rings. The predicted octanol–water partition coefficient (Wildman–Crippen LogP) is 22.6. The largest absolute Gasteiger partial charge is 0.416 e. The summed E-state index contributed by atoms with van der Waals surface area (Å²) in [5.74, 6) is -1.10. The molecule has 710 valence electrons. The molecule has 3 atom stereocenters. The molecule has 11 amide bonds. The van der Waals surface area contributed by atoms with Crippen molar-refractivity contribution in [1.29, 1.82) is 0 Å². The van der Waals surface area contributed by atoms with Crippen molar-refractivity contribution in [1.82, 2.24) is 55.5 Å². The maximum Gasteiger partial charge on any atom is 0.416 e. The van der Waals surface area contributed by atoms with Crippen molar-refractivity contribution in [3.63, 3.8) is 0 Å². The fraction of sp³-hybridized carbons (Fsp3) is 0.351. The molecule has 0 spiro atoms. The summed E-state index contributed by atoms with van der Waals surface area (Å²) in [7, 11) is 1.56. The highest BCUT2D eigenvalue weighted by Crippen LogP contribution is 2.39. The van der Waals surface area contributed by atoms with Gasteiger partial charge in [-0.05, 0) is 225 Å². The molecule has 1 saturated carbocycles. The molecule has 0 bridgehead atoms. The molecule has 4 aromatic heterocycles. The van der Waals surface area contributed by atoms with E-state index in [1.807, 2.05) is 44.2 Å². The van der Waals surface area contributed by atoms with Gasteiger partial charge in [0, 0.05) is 131 Å². The molecule has 39 heteroatoms. The van der Waals surface area contributed by atoms with Crippen molar-refractivity contribution in [2.24, 2.45) is 5.73 Å². The van der Waals surface area contributed by atoms with Crippen LogP contribution in [0.25, 0.3) is 22.3 Å². The number of hydrogen-bond acceptors (Lipinski definition) is 12. The van der Waals surface area contributed by atoms with Crippen molar-refractivity contribution in [2.45, 2.75) is 148 Å². The van der Waals surface area contributed by atoms with E-state index in [9.17, 15) is 86.2 Å². The van der Waals surface area contributed by atoms with Gasteiger partial charge < -0.3 is 62.6 Å². The summed E-state index contributed by atoms with van der Waals surface area (Å²) in [6.45, 7) is 14.5. The van der Waals surface area contributed by atoms with Gasteiger partial charge in [-0.15, -0.1) is 0 Å². The van der Waals surface area contributed by atoms with Crippen LogP contribution in [0.1, 0.15) is 178 Å². The average Bonchev–Trinajstić information content (AvgIpc) is 0.815. The van der Waals surface area contributed by atoms with Gasteiger partial charge in [0.05, 0.1) is 83.4 Å². The Morgan fingerprint density at radius 3 is 0.955 bits per heavy atom. The average molecular weight is 1940 g/mol. The van der Waals surface area contributed by atoms with Gasteiger partial charge in [0.1, 0.15) is 0 Å². The van der Waals surface area contributed by atoms with Crippen molar-refractivity contribution < 1.29 is 86.2 Å². The third kappa shape index (κ3) is 29.6. The van der Waals surface area contributed by atoms with Crippen LogP contribution >= 0.6 is 46.4 Å². The maximum atomic E-state index is 12.7. The Morgan fingerprint density at radius 2 is 0.707 bits per heavy atom. The van der Waals surface area contributed by atoms with E-state index in [-0.39, 0.29) is 78.5 Å². The smallest absolute Gasteiger partial charge is 0.402 e. The summed E-state index contributed by atoms with van der Waals surface area (Å²) in [6, 6.07) is 22.9. The van der Waals surface area contributed by atoms with Crippen LogP contribution in [0, 0.1) is 0 Å². The molecule has 3 unspecified atom stereocenters. The Balaban J connectivity index is 0.000000199. The summed E-state index contributed by atoms with van der Waals surface area (Å²) in [6.07, 6.45) is 4.23. The molecule has 1 fully saturated rings. The summed E-state index contributed by atoms with van der Waals surface area (Å²) < 4.78 is 152. The lowest BCUT2D eigenvalue weighted by Gasteiger charge is -2.27. The van der Waals surface area contributed by atoms with Gasteiger partial charge in [-0.2, -0.15) is 52.7 Å². The first-order valence-electron chi connectivity index (χ1n) is 42.0. The third-order valence-electron chi connectivity index (χ3n) is 22.3. The van der Waals surface area contributed by atoms with E-state index in [2.05, 4.69) is 63.7 Å². The van der Waals surface area contributed by atoms with Crippen molar-refractivity contribution in [2.75, 3.05) is 87.2 Å². The van der Waals surface area contributed by atoms with Crippen LogP contribution in [-0.4, -0.2) is 153 Å². The topological polar surface area (TPSA) is 294 Å². The number of aromatic nitrogens is 4. The lowest BCUT2D eigenvalue weighted by Crippen LogP contribution is -2.38. The molecule has 4 aliphatic heterocycles. The highest BCUT2D eigenvalue weighted by atomic mass is 35.5. The van der Waals surface area contributed by atoms with Crippen LogP contribution < -0.4 is 43.0 Å². The van der Waals surface area contributed by atoms with E-state index in [1.165, 1.54) is 59.9 Å². The molecule has 8 heterocycles. The number of nitrogens with one attached hydrogen (secondary N) is 7. The molecule has 0 saturated heterocycles. The Kier molecular flexibility index (Phi) is 36.9. The van der Waals surface area contributed by atoms with Crippen molar-refractivity contribution in [3.05, 3.63) is 270 Å². The quantitative estimate of drug-likeness (QED) is 0.0372. The summed E-state index contributed by atoms with van der Waals surface area (Å²) >= 11 is 25.7. The van der Waals surface area contributed by atoms with Gasteiger partial charge in [-0.3, -0.25) is 34.3 Å². The summed E-state index contributed by atoms with van der Waals surface area (Å²) in [5.41, 5.74) is 13.4. The number of allylic oxidation sites excluding steroid dienone is 1. The number of halogens is 16. The monoisotopic (exact) mass is 1930 g/mol. The molecule has 13 rings (SSSR count). The van der Waals surface area contributed by atoms with Crippen molar-refractivity contribution >= 4 is 133 Å². The Hall–Kier alpha value is -12.2. The van der Waals surface area contributed by atoms with Gasteiger partial charge >= 0.3 is 48.8 Å². The molecule has 133 heavy (non-hydrogen) atoms. The lowest BCUT2D eigenvalue weighted by molar-refractivity contribution is -0.138. The van der Waals surface area contributed by atoms with Gasteiger partial charge in [-0.25, -0.2) is 19.2 Å². The Morgan fingerprint density at radius 1 is 0.429 bits per heavy atom. The fourth-order valence-corrected chi connectivity index (χ4v) is 15.6. The van der Waals surface area contributed by atoms with Crippen LogP contribution in [-0.2, 0) is 45.5 Å². The number of amides is 11. The van der Waals surface area contributed by atoms with Gasteiger partial charge in [0.15, 0.2) is 0 Å². The van der Waals surface area contributed by atoms with Gasteiger partial charge in [0.2, 0.25) is 17.7 Å². The number of likely N-dealkylation sites (N-methyl/N-ethyl adjacent to an activating group) is 2. The number of hydrogen-bond donors (Lipinski definition) is 8. The molecular weight excluding hydrogens is 1830 g/mol. The Labute approximate surface area is 781 Å². The number of benzene rings is 4. The van der Waals surface area contributed by atoms with Gasteiger partial charge in [-0.1, -0.05) is 111 Å². The summed E-state index contributed by atoms with van der Waals surface area (Å²) in [5, 5.41) is 20.7. The second-order valence-electron chi connectivity index (χ2n) is 31.5. The predicted molar refractivity (Wildman–Crippen MR) is 492 cm³/mol. The fourth-order valence-electron chi connectivity index (χ4n) is 14.4. The zero-order valence-corrected chi connectivity index (χ0v) is 75.2. The summed E-state index contributed by atoms with van der Waals surface area (Å²) in [4.78, 5) is 110. The third-order valence-corrected chi connectivity index (χ3v) is 23.5. The molecule has 9 N–H and O–H groups in total. The van der Waals surface area contributed by atoms with Gasteiger partial charge in [0.25, 0.3) is 0 Å². The minimum Gasteiger partial charge on any atom is -0.402 e. The van der Waals surface area contributed by atoms with E-state index < -0.39 is 65.1 Å². The van der Waals surface area contributed by atoms with Crippen LogP contribution in [0.3, 0.4) is 0 Å². The SMILES string of the molecule is C.C=C(N)C(C)c1cnc(C2=CCN(C(=O)Nc3ccc(C(F)(F)F)cc3)CC2)c(Cl)c1.CCNC(=O)C(C)c1cnc(C2=CCN(C(=O)Nc3ccc(C(F)(F)F)cc3)CC2)c(Cl)c1.CNC(=O)C(C)c1cnc(C2=CCN(C(=O)Nc3ccc(C(F)(F)F)cc3)CC2)c(Cl)c1.O=C(Cc1cnc(C2=CCN(C(=O)Nc3ccc(C(F)(F)F)cc3)CC2)c(Cl)c1)NC1CCCCC1. The zero-order valence-electron chi connectivity index (χ0n) is 72.2. The number of alkyl halides is 12. The number of anilines is 4. The minimum atomic E-state index is -4.43. The van der Waals surface area contributed by atoms with E-state index >= 15 is 0 Å². The highest BCUT2D eigenvalue weighted by molar-refractivity contribution is 6.33. The van der Waals surface area contributed by atoms with E-state index in [0.717, 1.165) is 108 Å². The van der Waals surface area contributed by atoms with Crippen LogP contribution in [0.5, 0.6) is 0 Å². The second-order valence-corrected chi connectivity index (χ2v) is 33.2. The second kappa shape index (κ2) is 46.9. The van der Waals surface area contributed by atoms with E-state index in [0.29, 0.717) is 150 Å². The maximum absolute atomic E-state index is 12.7. The number of urea groups is 4. The molecule has 1 aliphatic carbocycles. The standard InChI is InChI=1S/C26H28ClF3N4O2.C23H24ClF3N4O2.C22H22ClF3N4O2.C22H22ClF3N4O.CH4/c27-22-14-17(15-23(35)32-20-4-2-1-3-5-20)16-31-24(22)18-10-12-34(13-11-18)25(36)33-21-8-6-19(7-9-21)26(28,29)30;1-3-28-21(32)14(2)16-12-19(24)20(29-13-16)15-8-10-31(11-9-15)22(33)30-18-6-4-17(5-7-18)23(25,26)27;1-13(20(31)27-2)15-11-18(23)19(28-12-15)14-7-9-30(10-8-14)21(32)29-17-5-3-16(4-6-17)22(24,25)26;1-13(14(2)27)16-11-19(23)20(28-12-16)15-7-9-30(10-8-15)21(31)29-18-5-3-17(4-6-18)22(24,25)26;/h6-10,14,16,20H,1-5,11-13,15H2,(H,32,35)(H,33,36);4-8,12-14H,3,9-11H2,1-2H3,(H,28,32)(H,30,33);3-7,11-13H,8-10H2,1-2H3,(H,27,31)(H,29,32);3-7,11-13H,2,8-10,27H2,1H3,(H,29,31);1H4. The molecule has 4 aromatic carbocycles. The Bertz CT molecular complexity index is 5600. The number of nitrogens with two attached hydrogens (primary N) is 1. The highest BCUT2D eigenvalue weighted by Gasteiger charge is 2.35.